The largest absolute Gasteiger partial charge is 0.496 e. The molecular formula is C10H9NO3. The number of carbonyl (C=O) groups is 1. The minimum Gasteiger partial charge on any atom is -0.496 e. The molecule has 4 nitrogen and oxygen atoms in total. The van der Waals surface area contributed by atoms with Gasteiger partial charge in [-0.3, -0.25) is 4.79 Å². The molecule has 0 aliphatic heterocycles. The Morgan fingerprint density at radius 1 is 1.29 bits per heavy atom. The molecule has 1 aromatic rings. The first-order valence-electron chi connectivity index (χ1n) is 3.90. The van der Waals surface area contributed by atoms with Gasteiger partial charge in [0.2, 0.25) is 0 Å². The minimum absolute atomic E-state index is 0.167. The van der Waals surface area contributed by atoms with Gasteiger partial charge in [0, 0.05) is 0 Å². The van der Waals surface area contributed by atoms with Gasteiger partial charge in [-0.15, -0.1) is 0 Å². The van der Waals surface area contributed by atoms with E-state index in [2.05, 4.69) is 0 Å². The molecule has 72 valence electrons. The Kier molecular flexibility index (Phi) is 3.08. The van der Waals surface area contributed by atoms with Crippen molar-refractivity contribution in [3.05, 3.63) is 23.8 Å². The highest BCUT2D eigenvalue weighted by molar-refractivity contribution is 6.11. The van der Waals surface area contributed by atoms with Crippen molar-refractivity contribution in [1.29, 1.82) is 5.26 Å². The maximum absolute atomic E-state index is 11.3. The number of benzene rings is 1. The number of Topliss-reactive ketones (excluding diaryl/α,β-unsaturated/α-hetero) is 1. The van der Waals surface area contributed by atoms with Crippen LogP contribution in [-0.4, -0.2) is 20.0 Å². The number of ether oxygens (including phenoxy) is 2. The van der Waals surface area contributed by atoms with E-state index in [9.17, 15) is 4.79 Å². The third-order valence-corrected chi connectivity index (χ3v) is 1.76. The number of carbonyl (C=O) groups excluding carboxylic acids is 1. The van der Waals surface area contributed by atoms with E-state index in [0.29, 0.717) is 11.5 Å². The van der Waals surface area contributed by atoms with Crippen LogP contribution in [0.3, 0.4) is 0 Å². The predicted octanol–water partition coefficient (Wildman–Crippen LogP) is 1.41. The zero-order valence-corrected chi connectivity index (χ0v) is 7.90. The van der Waals surface area contributed by atoms with E-state index in [0.717, 1.165) is 0 Å². The molecule has 4 heteroatoms. The van der Waals surface area contributed by atoms with Crippen LogP contribution in [-0.2, 0) is 0 Å². The number of nitriles is 1. The number of ketones is 1. The summed E-state index contributed by atoms with van der Waals surface area (Å²) in [6.07, 6.45) is 0. The van der Waals surface area contributed by atoms with Crippen molar-refractivity contribution in [3.8, 4) is 17.6 Å². The Bertz CT molecular complexity index is 371. The summed E-state index contributed by atoms with van der Waals surface area (Å²) in [4.78, 5) is 11.3. The lowest BCUT2D eigenvalue weighted by atomic mass is 10.1. The molecule has 0 saturated carbocycles. The molecule has 0 bridgehead atoms. The highest BCUT2D eigenvalue weighted by Gasteiger charge is 2.16. The highest BCUT2D eigenvalue weighted by Crippen LogP contribution is 2.28. The molecule has 0 spiro atoms. The monoisotopic (exact) mass is 191 g/mol. The SMILES string of the molecule is COc1cccc(OC)c1C(=O)C#N. The summed E-state index contributed by atoms with van der Waals surface area (Å²) in [6, 6.07) is 6.43. The number of hydrogen-bond acceptors (Lipinski definition) is 4. The van der Waals surface area contributed by atoms with Gasteiger partial charge in [-0.25, -0.2) is 0 Å². The van der Waals surface area contributed by atoms with Crippen LogP contribution in [0.2, 0.25) is 0 Å². The molecule has 0 aliphatic carbocycles. The van der Waals surface area contributed by atoms with Gasteiger partial charge in [0.1, 0.15) is 23.1 Å². The summed E-state index contributed by atoms with van der Waals surface area (Å²) in [5.41, 5.74) is 0.167. The molecule has 0 unspecified atom stereocenters. The van der Waals surface area contributed by atoms with Gasteiger partial charge >= 0.3 is 0 Å². The summed E-state index contributed by atoms with van der Waals surface area (Å²) in [7, 11) is 2.87. The highest BCUT2D eigenvalue weighted by atomic mass is 16.5. The van der Waals surface area contributed by atoms with Gasteiger partial charge in [0.25, 0.3) is 5.78 Å². The summed E-state index contributed by atoms with van der Waals surface area (Å²) < 4.78 is 9.92. The predicted molar refractivity (Wildman–Crippen MR) is 49.5 cm³/mol. The Balaban J connectivity index is 3.35. The molecule has 1 aromatic carbocycles. The maximum Gasteiger partial charge on any atom is 0.269 e. The molecule has 0 aromatic heterocycles. The van der Waals surface area contributed by atoms with Crippen LogP contribution in [0.4, 0.5) is 0 Å². The lowest BCUT2D eigenvalue weighted by Gasteiger charge is -2.08. The fourth-order valence-corrected chi connectivity index (χ4v) is 1.13. The Morgan fingerprint density at radius 3 is 2.14 bits per heavy atom. The van der Waals surface area contributed by atoms with E-state index in [1.165, 1.54) is 20.3 Å². The lowest BCUT2D eigenvalue weighted by molar-refractivity contribution is 0.104. The summed E-state index contributed by atoms with van der Waals surface area (Å²) in [5.74, 6) is 0.0195. The zero-order chi connectivity index (χ0) is 10.6. The van der Waals surface area contributed by atoms with Crippen LogP contribution in [0, 0.1) is 11.3 Å². The summed E-state index contributed by atoms with van der Waals surface area (Å²) in [5, 5.41) is 8.52. The van der Waals surface area contributed by atoms with Gasteiger partial charge in [0.15, 0.2) is 0 Å². The van der Waals surface area contributed by atoms with Crippen LogP contribution in [0.15, 0.2) is 18.2 Å². The van der Waals surface area contributed by atoms with Gasteiger partial charge < -0.3 is 9.47 Å². The van der Waals surface area contributed by atoms with Crippen molar-refractivity contribution in [1.82, 2.24) is 0 Å². The number of methoxy groups -OCH3 is 2. The van der Waals surface area contributed by atoms with Crippen LogP contribution in [0.1, 0.15) is 10.4 Å². The van der Waals surface area contributed by atoms with E-state index in [4.69, 9.17) is 14.7 Å². The molecule has 14 heavy (non-hydrogen) atoms. The second kappa shape index (κ2) is 4.28. The topological polar surface area (TPSA) is 59.3 Å². The molecule has 0 N–H and O–H groups in total. The Labute approximate surface area is 81.7 Å². The second-order valence-electron chi connectivity index (χ2n) is 2.48. The van der Waals surface area contributed by atoms with E-state index in [-0.39, 0.29) is 5.56 Å². The van der Waals surface area contributed by atoms with Crippen LogP contribution in [0.25, 0.3) is 0 Å². The van der Waals surface area contributed by atoms with Crippen molar-refractivity contribution in [2.45, 2.75) is 0 Å². The van der Waals surface area contributed by atoms with Gasteiger partial charge in [-0.1, -0.05) is 6.07 Å². The third-order valence-electron chi connectivity index (χ3n) is 1.76. The number of hydrogen-bond donors (Lipinski definition) is 0. The minimum atomic E-state index is -0.667. The van der Waals surface area contributed by atoms with Crippen molar-refractivity contribution >= 4 is 5.78 Å². The average molecular weight is 191 g/mol. The normalized spacial score (nSPS) is 8.93. The van der Waals surface area contributed by atoms with Crippen LogP contribution >= 0.6 is 0 Å². The average Bonchev–Trinajstić information content (AvgIpc) is 2.26. The molecule has 0 amide bonds. The molecule has 0 fully saturated rings. The van der Waals surface area contributed by atoms with E-state index >= 15 is 0 Å². The number of nitrogens with zero attached hydrogens (tertiary/aromatic N) is 1. The van der Waals surface area contributed by atoms with E-state index in [1.807, 2.05) is 0 Å². The van der Waals surface area contributed by atoms with Gasteiger partial charge in [-0.05, 0) is 12.1 Å². The van der Waals surface area contributed by atoms with E-state index < -0.39 is 5.78 Å². The molecule has 1 rings (SSSR count). The molecule has 0 saturated heterocycles. The zero-order valence-electron chi connectivity index (χ0n) is 7.90. The van der Waals surface area contributed by atoms with Crippen molar-refractivity contribution in [2.75, 3.05) is 14.2 Å². The fourth-order valence-electron chi connectivity index (χ4n) is 1.13. The Hall–Kier alpha value is -2.02. The number of rotatable bonds is 3. The summed E-state index contributed by atoms with van der Waals surface area (Å²) in [6.45, 7) is 0. The lowest BCUT2D eigenvalue weighted by Crippen LogP contribution is -2.02. The van der Waals surface area contributed by atoms with Crippen molar-refractivity contribution in [3.63, 3.8) is 0 Å². The smallest absolute Gasteiger partial charge is 0.269 e. The Morgan fingerprint density at radius 2 is 1.79 bits per heavy atom. The molecule has 0 heterocycles. The third kappa shape index (κ3) is 1.67. The fraction of sp³-hybridized carbons (Fsp3) is 0.200. The van der Waals surface area contributed by atoms with Crippen LogP contribution < -0.4 is 9.47 Å². The first-order valence-corrected chi connectivity index (χ1v) is 3.90. The second-order valence-corrected chi connectivity index (χ2v) is 2.48. The van der Waals surface area contributed by atoms with Crippen molar-refractivity contribution in [2.24, 2.45) is 0 Å². The first kappa shape index (κ1) is 10.1. The standard InChI is InChI=1S/C10H9NO3/c1-13-8-4-3-5-9(14-2)10(8)7(12)6-11/h3-5H,1-2H3. The van der Waals surface area contributed by atoms with Gasteiger partial charge in [-0.2, -0.15) is 5.26 Å². The molecule has 0 aliphatic rings. The maximum atomic E-state index is 11.3. The molecule has 0 radical (unpaired) electrons. The van der Waals surface area contributed by atoms with Crippen molar-refractivity contribution < 1.29 is 14.3 Å². The summed E-state index contributed by atoms with van der Waals surface area (Å²) >= 11 is 0. The molecule has 0 atom stereocenters. The van der Waals surface area contributed by atoms with Crippen LogP contribution in [0.5, 0.6) is 11.5 Å². The van der Waals surface area contributed by atoms with Gasteiger partial charge in [0.05, 0.1) is 14.2 Å². The first-order chi connectivity index (χ1) is 6.74. The molecular weight excluding hydrogens is 182 g/mol. The quantitative estimate of drug-likeness (QED) is 0.535. The van der Waals surface area contributed by atoms with E-state index in [1.54, 1.807) is 18.2 Å².